The van der Waals surface area contributed by atoms with E-state index in [4.69, 9.17) is 10.2 Å². The van der Waals surface area contributed by atoms with Crippen molar-refractivity contribution < 1.29 is 0 Å². The summed E-state index contributed by atoms with van der Waals surface area (Å²) in [5.74, 6) is 1.34. The van der Waals surface area contributed by atoms with Crippen LogP contribution >= 0.6 is 0 Å². The van der Waals surface area contributed by atoms with Gasteiger partial charge in [0.05, 0.1) is 24.0 Å². The van der Waals surface area contributed by atoms with Crippen LogP contribution in [0, 0.1) is 17.2 Å². The lowest BCUT2D eigenvalue weighted by Gasteiger charge is -2.29. The number of pyridine rings is 1. The lowest BCUT2D eigenvalue weighted by molar-refractivity contribution is 0.283. The Kier molecular flexibility index (Phi) is 3.45. The topological polar surface area (TPSA) is 112 Å². The van der Waals surface area contributed by atoms with Crippen molar-refractivity contribution >= 4 is 22.1 Å². The first kappa shape index (κ1) is 15.1. The second kappa shape index (κ2) is 5.95. The number of H-pyrrole nitrogens is 2. The molecular weight excluding hydrogens is 328 g/mol. The number of fused-ring (bicyclic) bond motifs is 3. The summed E-state index contributed by atoms with van der Waals surface area (Å²) in [5, 5.41) is 21.0. The monoisotopic (exact) mass is 346 g/mol. The van der Waals surface area contributed by atoms with Gasteiger partial charge in [0.25, 0.3) is 0 Å². The van der Waals surface area contributed by atoms with Gasteiger partial charge in [0.2, 0.25) is 0 Å². The molecule has 4 heterocycles. The number of aromatic amines is 2. The highest BCUT2D eigenvalue weighted by Gasteiger charge is 2.28. The quantitative estimate of drug-likeness (QED) is 0.591. The smallest absolute Gasteiger partial charge is 0.163 e. The van der Waals surface area contributed by atoms with Crippen molar-refractivity contribution in [1.29, 1.82) is 5.26 Å². The van der Waals surface area contributed by atoms with Gasteiger partial charge >= 0.3 is 0 Å². The molecule has 1 fully saturated rings. The molecule has 1 aliphatic carbocycles. The van der Waals surface area contributed by atoms with Crippen LogP contribution in [0.25, 0.3) is 33.6 Å². The van der Waals surface area contributed by atoms with E-state index < -0.39 is 0 Å². The van der Waals surface area contributed by atoms with Gasteiger partial charge in [-0.2, -0.15) is 20.7 Å². The fourth-order valence-electron chi connectivity index (χ4n) is 4.17. The van der Waals surface area contributed by atoms with Gasteiger partial charge in [0, 0.05) is 24.0 Å². The Hall–Kier alpha value is -3.21. The summed E-state index contributed by atoms with van der Waals surface area (Å²) in [6.45, 7) is 0. The van der Waals surface area contributed by atoms with Crippen LogP contribution < -0.4 is 0 Å². The van der Waals surface area contributed by atoms with Gasteiger partial charge in [0.1, 0.15) is 16.9 Å². The number of hydrogen-bond acceptors (Lipinski definition) is 5. The third-order valence-electron chi connectivity index (χ3n) is 5.44. The maximum absolute atomic E-state index is 8.98. The molecule has 4 aromatic heterocycles. The number of aromatic nitrogens is 7. The Morgan fingerprint density at radius 3 is 2.88 bits per heavy atom. The van der Waals surface area contributed by atoms with Crippen molar-refractivity contribution in [2.45, 2.75) is 38.1 Å². The van der Waals surface area contributed by atoms with E-state index in [1.807, 2.05) is 12.4 Å². The molecule has 26 heavy (non-hydrogen) atoms. The number of rotatable bonds is 3. The van der Waals surface area contributed by atoms with Crippen molar-refractivity contribution in [3.8, 4) is 17.6 Å². The van der Waals surface area contributed by atoms with Crippen LogP contribution in [0.3, 0.4) is 0 Å². The van der Waals surface area contributed by atoms with Gasteiger partial charge in [-0.3, -0.25) is 0 Å². The van der Waals surface area contributed by atoms with Crippen LogP contribution in [0.2, 0.25) is 0 Å². The molecule has 5 rings (SSSR count). The summed E-state index contributed by atoms with van der Waals surface area (Å²) in [6.07, 6.45) is 10.3. The molecular formula is C18H18N8. The van der Waals surface area contributed by atoms with Crippen LogP contribution in [0.4, 0.5) is 0 Å². The number of hydrogen-bond donors (Lipinski definition) is 2. The lowest BCUT2D eigenvalue weighted by atomic mass is 9.84. The van der Waals surface area contributed by atoms with E-state index >= 15 is 0 Å². The maximum atomic E-state index is 8.98. The minimum atomic E-state index is 0.335. The summed E-state index contributed by atoms with van der Waals surface area (Å²) < 4.78 is 2.31. The van der Waals surface area contributed by atoms with Crippen molar-refractivity contribution in [1.82, 2.24) is 34.9 Å². The van der Waals surface area contributed by atoms with Crippen molar-refractivity contribution in [3.05, 3.63) is 24.7 Å². The fraction of sp³-hybridized carbons (Fsp3) is 0.389. The molecule has 0 radical (unpaired) electrons. The summed E-state index contributed by atoms with van der Waals surface area (Å²) in [5.41, 5.74) is 3.57. The number of nitrogens with zero attached hydrogens (tertiary/aromatic N) is 6. The van der Waals surface area contributed by atoms with Crippen LogP contribution in [-0.2, 0) is 0 Å². The van der Waals surface area contributed by atoms with E-state index in [1.54, 1.807) is 6.20 Å². The highest BCUT2D eigenvalue weighted by atomic mass is 15.3. The van der Waals surface area contributed by atoms with Crippen molar-refractivity contribution in [3.63, 3.8) is 0 Å². The Morgan fingerprint density at radius 2 is 2.12 bits per heavy atom. The van der Waals surface area contributed by atoms with E-state index in [1.165, 1.54) is 0 Å². The Morgan fingerprint density at radius 1 is 1.23 bits per heavy atom. The standard InChI is InChI=1S/C18H18N8/c19-7-5-11-1-3-12(4-2-11)26-16-13-6-8-20-17(13)21-9-14(16)23-18(26)15-10-22-25-24-15/h6,8-12H,1-5H2,(H,20,21)(H,22,24,25). The van der Waals surface area contributed by atoms with Crippen LogP contribution in [-0.4, -0.2) is 34.9 Å². The number of nitriles is 1. The number of nitrogens with one attached hydrogen (secondary N) is 2. The maximum Gasteiger partial charge on any atom is 0.163 e. The van der Waals surface area contributed by atoms with Gasteiger partial charge < -0.3 is 9.55 Å². The first-order chi connectivity index (χ1) is 12.8. The summed E-state index contributed by atoms with van der Waals surface area (Å²) in [4.78, 5) is 12.5. The highest BCUT2D eigenvalue weighted by molar-refractivity contribution is 6.02. The molecule has 0 atom stereocenters. The molecule has 4 aromatic rings. The average molecular weight is 346 g/mol. The molecule has 1 aliphatic rings. The predicted molar refractivity (Wildman–Crippen MR) is 96.0 cm³/mol. The largest absolute Gasteiger partial charge is 0.346 e. The molecule has 0 spiro atoms. The fourth-order valence-corrected chi connectivity index (χ4v) is 4.17. The van der Waals surface area contributed by atoms with Crippen LogP contribution in [0.15, 0.2) is 24.7 Å². The van der Waals surface area contributed by atoms with E-state index in [9.17, 15) is 0 Å². The third kappa shape index (κ3) is 2.28. The number of imidazole rings is 1. The molecule has 0 aromatic carbocycles. The third-order valence-corrected chi connectivity index (χ3v) is 5.44. The molecule has 8 nitrogen and oxygen atoms in total. The van der Waals surface area contributed by atoms with Crippen LogP contribution in [0.5, 0.6) is 0 Å². The molecule has 0 saturated heterocycles. The average Bonchev–Trinajstić information content (AvgIpc) is 3.40. The van der Waals surface area contributed by atoms with Gasteiger partial charge in [-0.05, 0) is 37.7 Å². The molecule has 0 amide bonds. The summed E-state index contributed by atoms with van der Waals surface area (Å²) in [6, 6.07) is 4.70. The van der Waals surface area contributed by atoms with E-state index in [0.717, 1.165) is 59.3 Å². The molecule has 1 saturated carbocycles. The van der Waals surface area contributed by atoms with Gasteiger partial charge in [0.15, 0.2) is 5.82 Å². The second-order valence-electron chi connectivity index (χ2n) is 6.93. The Bertz CT molecular complexity index is 1090. The molecule has 0 bridgehead atoms. The first-order valence-corrected chi connectivity index (χ1v) is 8.92. The zero-order chi connectivity index (χ0) is 17.5. The minimum Gasteiger partial charge on any atom is -0.346 e. The van der Waals surface area contributed by atoms with Crippen LogP contribution in [0.1, 0.15) is 38.1 Å². The normalized spacial score (nSPS) is 20.6. The predicted octanol–water partition coefficient (Wildman–Crippen LogP) is 3.34. The van der Waals surface area contributed by atoms with E-state index in [0.29, 0.717) is 18.4 Å². The van der Waals surface area contributed by atoms with E-state index in [2.05, 4.69) is 42.1 Å². The molecule has 0 unspecified atom stereocenters. The van der Waals surface area contributed by atoms with Crippen molar-refractivity contribution in [2.75, 3.05) is 0 Å². The SMILES string of the molecule is N#CCC1CCC(n2c(-c3cn[nH]n3)nc3cnc4[nH]ccc4c32)CC1. The van der Waals surface area contributed by atoms with Crippen molar-refractivity contribution in [2.24, 2.45) is 5.92 Å². The first-order valence-electron chi connectivity index (χ1n) is 8.92. The summed E-state index contributed by atoms with van der Waals surface area (Å²) >= 11 is 0. The van der Waals surface area contributed by atoms with E-state index in [-0.39, 0.29) is 0 Å². The van der Waals surface area contributed by atoms with Gasteiger partial charge in [-0.1, -0.05) is 0 Å². The van der Waals surface area contributed by atoms with Gasteiger partial charge in [-0.15, -0.1) is 0 Å². The summed E-state index contributed by atoms with van der Waals surface area (Å²) in [7, 11) is 0. The lowest BCUT2D eigenvalue weighted by Crippen LogP contribution is -2.19. The highest BCUT2D eigenvalue weighted by Crippen LogP contribution is 2.39. The molecule has 2 N–H and O–H groups in total. The zero-order valence-corrected chi connectivity index (χ0v) is 14.2. The molecule has 130 valence electrons. The molecule has 0 aliphatic heterocycles. The molecule has 8 heteroatoms. The van der Waals surface area contributed by atoms with Gasteiger partial charge in [-0.25, -0.2) is 9.97 Å². The Labute approximate surface area is 149 Å². The zero-order valence-electron chi connectivity index (χ0n) is 14.2. The minimum absolute atomic E-state index is 0.335. The Balaban J connectivity index is 1.68. The second-order valence-corrected chi connectivity index (χ2v) is 6.93.